The normalized spacial score (nSPS) is 10.8. The second kappa shape index (κ2) is 6.19. The Kier molecular flexibility index (Phi) is 4.07. The molecule has 0 saturated carbocycles. The van der Waals surface area contributed by atoms with Gasteiger partial charge in [0.25, 0.3) is 11.5 Å². The maximum absolute atomic E-state index is 12.5. The third-order valence-electron chi connectivity index (χ3n) is 3.85. The van der Waals surface area contributed by atoms with E-state index in [0.717, 1.165) is 11.3 Å². The predicted octanol–water partition coefficient (Wildman–Crippen LogP) is 2.51. The van der Waals surface area contributed by atoms with Crippen LogP contribution in [0.25, 0.3) is 11.5 Å². The number of hydrogen-bond donors (Lipinski definition) is 1. The first-order chi connectivity index (χ1) is 11.5. The van der Waals surface area contributed by atoms with Crippen LogP contribution in [0.2, 0.25) is 0 Å². The summed E-state index contributed by atoms with van der Waals surface area (Å²) in [6, 6.07) is 6.61. The average molecular weight is 327 g/mol. The second-order valence-corrected chi connectivity index (χ2v) is 5.56. The van der Waals surface area contributed by atoms with Crippen LogP contribution in [0, 0.1) is 13.8 Å². The van der Waals surface area contributed by atoms with Gasteiger partial charge in [-0.05, 0) is 38.1 Å². The van der Waals surface area contributed by atoms with Crippen molar-refractivity contribution in [2.75, 3.05) is 7.05 Å². The van der Waals surface area contributed by atoms with Gasteiger partial charge >= 0.3 is 0 Å². The van der Waals surface area contributed by atoms with Crippen LogP contribution in [0.5, 0.6) is 0 Å². The Balaban J connectivity index is 1.83. The lowest BCUT2D eigenvalue weighted by molar-refractivity contribution is 0.0782. The van der Waals surface area contributed by atoms with Gasteiger partial charge in [-0.3, -0.25) is 9.59 Å². The first-order valence-electron chi connectivity index (χ1n) is 7.42. The predicted molar refractivity (Wildman–Crippen MR) is 86.5 cm³/mol. The van der Waals surface area contributed by atoms with Crippen molar-refractivity contribution in [3.05, 3.63) is 63.5 Å². The summed E-state index contributed by atoms with van der Waals surface area (Å²) in [5.74, 6) is 0.826. The summed E-state index contributed by atoms with van der Waals surface area (Å²) >= 11 is 0. The van der Waals surface area contributed by atoms with E-state index in [4.69, 9.17) is 8.94 Å². The molecule has 0 radical (unpaired) electrons. The van der Waals surface area contributed by atoms with Crippen molar-refractivity contribution in [3.63, 3.8) is 0 Å². The molecule has 0 aromatic carbocycles. The lowest BCUT2D eigenvalue weighted by Gasteiger charge is -2.16. The van der Waals surface area contributed by atoms with Crippen molar-refractivity contribution in [3.8, 4) is 11.5 Å². The molecule has 3 aromatic rings. The van der Waals surface area contributed by atoms with E-state index >= 15 is 0 Å². The van der Waals surface area contributed by atoms with Gasteiger partial charge in [0.2, 0.25) is 0 Å². The molecule has 0 aliphatic carbocycles. The van der Waals surface area contributed by atoms with Crippen molar-refractivity contribution in [1.82, 2.24) is 15.0 Å². The minimum Gasteiger partial charge on any atom is -0.463 e. The van der Waals surface area contributed by atoms with Crippen LogP contribution in [0.3, 0.4) is 0 Å². The maximum Gasteiger partial charge on any atom is 0.261 e. The molecular weight excluding hydrogens is 310 g/mol. The summed E-state index contributed by atoms with van der Waals surface area (Å²) in [4.78, 5) is 28.9. The van der Waals surface area contributed by atoms with E-state index < -0.39 is 5.56 Å². The van der Waals surface area contributed by atoms with Crippen LogP contribution < -0.4 is 5.56 Å². The minimum absolute atomic E-state index is 0.0690. The average Bonchev–Trinajstić information content (AvgIpc) is 3.20. The molecule has 124 valence electrons. The Morgan fingerprint density at radius 3 is 2.67 bits per heavy atom. The zero-order valence-electron chi connectivity index (χ0n) is 13.6. The van der Waals surface area contributed by atoms with E-state index in [0.29, 0.717) is 23.8 Å². The standard InChI is InChI=1S/C17H17N3O4/c1-10-13(11(2)24-19-10)9-20(3)17(22)12-6-7-14(18-16(12)21)15-5-4-8-23-15/h4-8H,9H2,1-3H3,(H,18,21). The van der Waals surface area contributed by atoms with Gasteiger partial charge < -0.3 is 18.8 Å². The molecule has 1 amide bonds. The molecule has 0 unspecified atom stereocenters. The van der Waals surface area contributed by atoms with Gasteiger partial charge in [0, 0.05) is 12.6 Å². The van der Waals surface area contributed by atoms with Gasteiger partial charge in [0.05, 0.1) is 24.2 Å². The van der Waals surface area contributed by atoms with Gasteiger partial charge in [-0.25, -0.2) is 0 Å². The van der Waals surface area contributed by atoms with E-state index in [1.807, 2.05) is 6.92 Å². The minimum atomic E-state index is -0.459. The summed E-state index contributed by atoms with van der Waals surface area (Å²) in [6.07, 6.45) is 1.52. The molecule has 0 saturated heterocycles. The first-order valence-corrected chi connectivity index (χ1v) is 7.42. The first kappa shape index (κ1) is 15.8. The molecule has 0 aliphatic rings. The van der Waals surface area contributed by atoms with Crippen LogP contribution in [0.1, 0.15) is 27.4 Å². The smallest absolute Gasteiger partial charge is 0.261 e. The van der Waals surface area contributed by atoms with Crippen molar-refractivity contribution in [2.45, 2.75) is 20.4 Å². The van der Waals surface area contributed by atoms with Gasteiger partial charge in [-0.2, -0.15) is 0 Å². The summed E-state index contributed by atoms with van der Waals surface area (Å²) < 4.78 is 10.3. The van der Waals surface area contributed by atoms with E-state index in [2.05, 4.69) is 10.1 Å². The van der Waals surface area contributed by atoms with Gasteiger partial charge in [0.15, 0.2) is 0 Å². The Morgan fingerprint density at radius 2 is 2.08 bits per heavy atom. The van der Waals surface area contributed by atoms with E-state index in [9.17, 15) is 9.59 Å². The number of rotatable bonds is 4. The number of hydrogen-bond acceptors (Lipinski definition) is 5. The van der Waals surface area contributed by atoms with E-state index in [-0.39, 0.29) is 11.5 Å². The third-order valence-corrected chi connectivity index (χ3v) is 3.85. The summed E-state index contributed by atoms with van der Waals surface area (Å²) in [5, 5.41) is 3.87. The number of H-pyrrole nitrogens is 1. The second-order valence-electron chi connectivity index (χ2n) is 5.56. The lowest BCUT2D eigenvalue weighted by Crippen LogP contribution is -2.31. The van der Waals surface area contributed by atoms with Crippen molar-refractivity contribution >= 4 is 5.91 Å². The van der Waals surface area contributed by atoms with Gasteiger partial charge in [-0.15, -0.1) is 0 Å². The molecule has 0 bridgehead atoms. The van der Waals surface area contributed by atoms with Crippen LogP contribution in [0.4, 0.5) is 0 Å². The van der Waals surface area contributed by atoms with Crippen LogP contribution >= 0.6 is 0 Å². The van der Waals surface area contributed by atoms with Crippen LogP contribution in [-0.4, -0.2) is 28.0 Å². The number of aromatic nitrogens is 2. The monoisotopic (exact) mass is 327 g/mol. The van der Waals surface area contributed by atoms with Gasteiger partial charge in [0.1, 0.15) is 17.1 Å². The fourth-order valence-electron chi connectivity index (χ4n) is 2.46. The number of nitrogens with one attached hydrogen (secondary N) is 1. The third kappa shape index (κ3) is 2.88. The molecule has 3 rings (SSSR count). The zero-order chi connectivity index (χ0) is 17.3. The Labute approximate surface area is 137 Å². The summed E-state index contributed by atoms with van der Waals surface area (Å²) in [7, 11) is 1.63. The van der Waals surface area contributed by atoms with Gasteiger partial charge in [-0.1, -0.05) is 5.16 Å². The molecule has 7 heteroatoms. The quantitative estimate of drug-likeness (QED) is 0.795. The molecule has 0 aliphatic heterocycles. The SMILES string of the molecule is Cc1noc(C)c1CN(C)C(=O)c1ccc(-c2ccco2)[nH]c1=O. The molecule has 7 nitrogen and oxygen atoms in total. The highest BCUT2D eigenvalue weighted by Gasteiger charge is 2.19. The number of aromatic amines is 1. The van der Waals surface area contributed by atoms with Crippen molar-refractivity contribution in [2.24, 2.45) is 0 Å². The Hall–Kier alpha value is -3.09. The molecule has 24 heavy (non-hydrogen) atoms. The molecule has 3 heterocycles. The fourth-order valence-corrected chi connectivity index (χ4v) is 2.46. The lowest BCUT2D eigenvalue weighted by atomic mass is 10.1. The maximum atomic E-state index is 12.5. The van der Waals surface area contributed by atoms with E-state index in [1.54, 1.807) is 32.2 Å². The highest BCUT2D eigenvalue weighted by atomic mass is 16.5. The number of furan rings is 1. The number of amides is 1. The molecule has 3 aromatic heterocycles. The number of aryl methyl sites for hydroxylation is 2. The summed E-state index contributed by atoms with van der Waals surface area (Å²) in [6.45, 7) is 3.92. The zero-order valence-corrected chi connectivity index (χ0v) is 13.6. The summed E-state index contributed by atoms with van der Waals surface area (Å²) in [5.41, 5.74) is 1.71. The largest absolute Gasteiger partial charge is 0.463 e. The van der Waals surface area contributed by atoms with Crippen LogP contribution in [-0.2, 0) is 6.54 Å². The number of carbonyl (C=O) groups is 1. The highest BCUT2D eigenvalue weighted by molar-refractivity contribution is 5.93. The number of pyridine rings is 1. The molecule has 0 atom stereocenters. The molecule has 1 N–H and O–H groups in total. The number of nitrogens with zero attached hydrogens (tertiary/aromatic N) is 2. The highest BCUT2D eigenvalue weighted by Crippen LogP contribution is 2.17. The topological polar surface area (TPSA) is 92.3 Å². The van der Waals surface area contributed by atoms with Crippen LogP contribution in [0.15, 0.2) is 44.3 Å². The molecule has 0 spiro atoms. The fraction of sp³-hybridized carbons (Fsp3) is 0.235. The molecular formula is C17H17N3O4. The van der Waals surface area contributed by atoms with Crippen molar-refractivity contribution in [1.29, 1.82) is 0 Å². The van der Waals surface area contributed by atoms with Crippen molar-refractivity contribution < 1.29 is 13.7 Å². The van der Waals surface area contributed by atoms with E-state index in [1.165, 1.54) is 17.2 Å². The Morgan fingerprint density at radius 1 is 1.29 bits per heavy atom. The Bertz CT molecular complexity index is 902. The molecule has 0 fully saturated rings. The number of carbonyl (C=O) groups excluding carboxylic acids is 1.